The summed E-state index contributed by atoms with van der Waals surface area (Å²) in [5.41, 5.74) is 1.06. The second-order valence-corrected chi connectivity index (χ2v) is 5.84. The maximum Gasteiger partial charge on any atom is 0.251 e. The van der Waals surface area contributed by atoms with E-state index in [1.54, 1.807) is 47.4 Å². The standard InChI is InChI=1S/C20H23FN2O3/c1-15(24)23(12-10-16-6-3-4-9-19(16)21)13-11-22-20(25)17-7-5-8-18(14-17)26-2/h3-9,14H,10-13H2,1-2H3,(H,22,25). The average molecular weight is 358 g/mol. The highest BCUT2D eigenvalue weighted by Gasteiger charge is 2.12. The monoisotopic (exact) mass is 358 g/mol. The van der Waals surface area contributed by atoms with Crippen molar-refractivity contribution in [2.45, 2.75) is 13.3 Å². The Kier molecular flexibility index (Phi) is 7.14. The molecule has 2 aromatic carbocycles. The Balaban J connectivity index is 1.85. The van der Waals surface area contributed by atoms with Crippen LogP contribution in [0.5, 0.6) is 5.75 Å². The van der Waals surface area contributed by atoms with Crippen molar-refractivity contribution in [3.05, 3.63) is 65.5 Å². The Bertz CT molecular complexity index is 764. The second kappa shape index (κ2) is 9.56. The minimum absolute atomic E-state index is 0.114. The molecule has 0 saturated heterocycles. The molecule has 2 aromatic rings. The summed E-state index contributed by atoms with van der Waals surface area (Å²) in [6, 6.07) is 13.4. The molecule has 0 saturated carbocycles. The lowest BCUT2D eigenvalue weighted by Gasteiger charge is -2.21. The summed E-state index contributed by atoms with van der Waals surface area (Å²) in [7, 11) is 1.54. The molecule has 0 atom stereocenters. The van der Waals surface area contributed by atoms with Gasteiger partial charge in [-0.05, 0) is 36.2 Å². The van der Waals surface area contributed by atoms with Gasteiger partial charge in [0.15, 0.2) is 0 Å². The summed E-state index contributed by atoms with van der Waals surface area (Å²) < 4.78 is 18.8. The molecule has 2 rings (SSSR count). The van der Waals surface area contributed by atoms with E-state index in [9.17, 15) is 14.0 Å². The molecule has 0 aliphatic carbocycles. The molecule has 2 amide bonds. The molecule has 0 aromatic heterocycles. The van der Waals surface area contributed by atoms with Gasteiger partial charge in [-0.1, -0.05) is 24.3 Å². The van der Waals surface area contributed by atoms with Gasteiger partial charge in [0, 0.05) is 32.1 Å². The molecule has 0 fully saturated rings. The number of halogens is 1. The second-order valence-electron chi connectivity index (χ2n) is 5.84. The van der Waals surface area contributed by atoms with Crippen LogP contribution in [0.2, 0.25) is 0 Å². The average Bonchev–Trinajstić information content (AvgIpc) is 2.65. The fourth-order valence-corrected chi connectivity index (χ4v) is 2.55. The van der Waals surface area contributed by atoms with Gasteiger partial charge in [0.05, 0.1) is 7.11 Å². The van der Waals surface area contributed by atoms with E-state index in [0.717, 1.165) is 0 Å². The van der Waals surface area contributed by atoms with Gasteiger partial charge in [-0.3, -0.25) is 9.59 Å². The van der Waals surface area contributed by atoms with Gasteiger partial charge in [-0.25, -0.2) is 4.39 Å². The fourth-order valence-electron chi connectivity index (χ4n) is 2.55. The minimum Gasteiger partial charge on any atom is -0.497 e. The van der Waals surface area contributed by atoms with Crippen molar-refractivity contribution in [1.29, 1.82) is 0 Å². The van der Waals surface area contributed by atoms with Crippen LogP contribution in [-0.4, -0.2) is 43.5 Å². The molecule has 0 heterocycles. The van der Waals surface area contributed by atoms with Crippen LogP contribution >= 0.6 is 0 Å². The van der Waals surface area contributed by atoms with Crippen molar-refractivity contribution >= 4 is 11.8 Å². The summed E-state index contributed by atoms with van der Waals surface area (Å²) in [5, 5.41) is 2.78. The van der Waals surface area contributed by atoms with E-state index in [1.165, 1.54) is 20.1 Å². The Morgan fingerprint density at radius 3 is 2.58 bits per heavy atom. The van der Waals surface area contributed by atoms with E-state index in [-0.39, 0.29) is 17.6 Å². The van der Waals surface area contributed by atoms with E-state index < -0.39 is 0 Å². The number of hydrogen-bond acceptors (Lipinski definition) is 3. The number of ether oxygens (including phenoxy) is 1. The molecule has 6 heteroatoms. The molecule has 138 valence electrons. The lowest BCUT2D eigenvalue weighted by atomic mass is 10.1. The number of benzene rings is 2. The lowest BCUT2D eigenvalue weighted by molar-refractivity contribution is -0.128. The summed E-state index contributed by atoms with van der Waals surface area (Å²) in [6.07, 6.45) is 0.427. The molecule has 0 aliphatic rings. The first-order valence-electron chi connectivity index (χ1n) is 8.42. The topological polar surface area (TPSA) is 58.6 Å². The van der Waals surface area contributed by atoms with Crippen molar-refractivity contribution in [2.75, 3.05) is 26.7 Å². The van der Waals surface area contributed by atoms with E-state index in [1.807, 2.05) is 0 Å². The normalized spacial score (nSPS) is 10.3. The first kappa shape index (κ1) is 19.4. The number of methoxy groups -OCH3 is 1. The Labute approximate surface area is 152 Å². The predicted octanol–water partition coefficient (Wildman–Crippen LogP) is 2.66. The van der Waals surface area contributed by atoms with Crippen molar-refractivity contribution in [1.82, 2.24) is 10.2 Å². The zero-order valence-corrected chi connectivity index (χ0v) is 15.0. The Morgan fingerprint density at radius 1 is 1.12 bits per heavy atom. The number of amides is 2. The quantitative estimate of drug-likeness (QED) is 0.789. The minimum atomic E-state index is -0.276. The van der Waals surface area contributed by atoms with Gasteiger partial charge in [0.1, 0.15) is 11.6 Å². The highest BCUT2D eigenvalue weighted by Crippen LogP contribution is 2.12. The third-order valence-corrected chi connectivity index (χ3v) is 4.05. The summed E-state index contributed by atoms with van der Waals surface area (Å²) in [6.45, 7) is 2.53. The molecule has 0 radical (unpaired) electrons. The molecule has 0 unspecified atom stereocenters. The van der Waals surface area contributed by atoms with Crippen molar-refractivity contribution in [3.8, 4) is 5.75 Å². The van der Waals surface area contributed by atoms with Crippen LogP contribution in [0.4, 0.5) is 4.39 Å². The van der Waals surface area contributed by atoms with Crippen LogP contribution in [0, 0.1) is 5.82 Å². The van der Waals surface area contributed by atoms with Crippen LogP contribution in [0.15, 0.2) is 48.5 Å². The largest absolute Gasteiger partial charge is 0.497 e. The third kappa shape index (κ3) is 5.58. The zero-order valence-electron chi connectivity index (χ0n) is 15.0. The SMILES string of the molecule is COc1cccc(C(=O)NCCN(CCc2ccccc2F)C(C)=O)c1. The van der Waals surface area contributed by atoms with E-state index in [2.05, 4.69) is 5.32 Å². The molecule has 0 bridgehead atoms. The number of nitrogens with one attached hydrogen (secondary N) is 1. The number of carbonyl (C=O) groups excluding carboxylic acids is 2. The van der Waals surface area contributed by atoms with Crippen LogP contribution in [0.25, 0.3) is 0 Å². The fraction of sp³-hybridized carbons (Fsp3) is 0.300. The highest BCUT2D eigenvalue weighted by molar-refractivity contribution is 5.94. The molecule has 1 N–H and O–H groups in total. The van der Waals surface area contributed by atoms with E-state index in [4.69, 9.17) is 4.74 Å². The van der Waals surface area contributed by atoms with Gasteiger partial charge < -0.3 is 15.0 Å². The molecular formula is C20H23FN2O3. The van der Waals surface area contributed by atoms with Crippen molar-refractivity contribution < 1.29 is 18.7 Å². The van der Waals surface area contributed by atoms with Crippen LogP contribution in [-0.2, 0) is 11.2 Å². The van der Waals surface area contributed by atoms with Gasteiger partial charge >= 0.3 is 0 Å². The lowest BCUT2D eigenvalue weighted by Crippen LogP contribution is -2.38. The molecular weight excluding hydrogens is 335 g/mol. The first-order valence-corrected chi connectivity index (χ1v) is 8.42. The van der Waals surface area contributed by atoms with Crippen LogP contribution < -0.4 is 10.1 Å². The summed E-state index contributed by atoms with van der Waals surface area (Å²) >= 11 is 0. The molecule has 26 heavy (non-hydrogen) atoms. The van der Waals surface area contributed by atoms with Crippen molar-refractivity contribution in [2.24, 2.45) is 0 Å². The van der Waals surface area contributed by atoms with Gasteiger partial charge in [0.2, 0.25) is 5.91 Å². The van der Waals surface area contributed by atoms with Gasteiger partial charge in [0.25, 0.3) is 5.91 Å². The Hall–Kier alpha value is -2.89. The zero-order chi connectivity index (χ0) is 18.9. The smallest absolute Gasteiger partial charge is 0.251 e. The van der Waals surface area contributed by atoms with Crippen LogP contribution in [0.3, 0.4) is 0 Å². The molecule has 0 aliphatic heterocycles. The maximum atomic E-state index is 13.7. The number of rotatable bonds is 8. The maximum absolute atomic E-state index is 13.7. The molecule has 5 nitrogen and oxygen atoms in total. The predicted molar refractivity (Wildman–Crippen MR) is 97.7 cm³/mol. The van der Waals surface area contributed by atoms with E-state index >= 15 is 0 Å². The number of nitrogens with zero attached hydrogens (tertiary/aromatic N) is 1. The molecule has 0 spiro atoms. The Morgan fingerprint density at radius 2 is 1.88 bits per heavy atom. The van der Waals surface area contributed by atoms with E-state index in [0.29, 0.717) is 42.9 Å². The highest BCUT2D eigenvalue weighted by atomic mass is 19.1. The van der Waals surface area contributed by atoms with Crippen molar-refractivity contribution in [3.63, 3.8) is 0 Å². The summed E-state index contributed by atoms with van der Waals surface area (Å²) in [4.78, 5) is 25.5. The third-order valence-electron chi connectivity index (χ3n) is 4.05. The first-order chi connectivity index (χ1) is 12.5. The van der Waals surface area contributed by atoms with Gasteiger partial charge in [-0.2, -0.15) is 0 Å². The van der Waals surface area contributed by atoms with Crippen LogP contribution in [0.1, 0.15) is 22.8 Å². The van der Waals surface area contributed by atoms with Gasteiger partial charge in [-0.15, -0.1) is 0 Å². The summed E-state index contributed by atoms with van der Waals surface area (Å²) in [5.74, 6) is -0.0197. The number of carbonyl (C=O) groups is 2. The number of hydrogen-bond donors (Lipinski definition) is 1.